The highest BCUT2D eigenvalue weighted by atomic mass is 16.3. The Morgan fingerprint density at radius 1 is 1.07 bits per heavy atom. The number of benzene rings is 1. The lowest BCUT2D eigenvalue weighted by atomic mass is 10.1. The van der Waals surface area contributed by atoms with Crippen LogP contribution in [0.4, 0.5) is 5.95 Å². The van der Waals surface area contributed by atoms with E-state index in [2.05, 4.69) is 51.4 Å². The number of hydrogen-bond donors (Lipinski definition) is 1. The Kier molecular flexibility index (Phi) is 3.82. The molecule has 140 valence electrons. The van der Waals surface area contributed by atoms with Crippen molar-refractivity contribution in [2.24, 2.45) is 0 Å². The first-order valence-electron chi connectivity index (χ1n) is 9.16. The molecule has 0 spiro atoms. The van der Waals surface area contributed by atoms with E-state index in [0.29, 0.717) is 22.9 Å². The molecule has 0 aliphatic heterocycles. The van der Waals surface area contributed by atoms with Gasteiger partial charge in [-0.15, -0.1) is 5.10 Å². The number of nitrogen functional groups attached to an aromatic ring is 1. The first-order chi connectivity index (χ1) is 13.7. The predicted octanol–water partition coefficient (Wildman–Crippen LogP) is 3.26. The van der Waals surface area contributed by atoms with Gasteiger partial charge in [-0.25, -0.2) is 9.67 Å². The van der Waals surface area contributed by atoms with Crippen molar-refractivity contribution < 1.29 is 4.42 Å². The molecular formula is C20H19N7O. The van der Waals surface area contributed by atoms with Crippen molar-refractivity contribution in [1.29, 1.82) is 0 Å². The van der Waals surface area contributed by atoms with Crippen LogP contribution in [0, 0.1) is 6.92 Å². The summed E-state index contributed by atoms with van der Waals surface area (Å²) in [4.78, 5) is 9.08. The summed E-state index contributed by atoms with van der Waals surface area (Å²) in [5, 5.41) is 9.72. The lowest BCUT2D eigenvalue weighted by Gasteiger charge is -2.05. The van der Waals surface area contributed by atoms with Crippen molar-refractivity contribution in [1.82, 2.24) is 29.4 Å². The molecule has 8 heteroatoms. The normalized spacial score (nSPS) is 11.6. The maximum atomic E-state index is 6.13. The lowest BCUT2D eigenvalue weighted by Crippen LogP contribution is -2.06. The van der Waals surface area contributed by atoms with Crippen LogP contribution < -0.4 is 5.73 Å². The number of hydrogen-bond acceptors (Lipinski definition) is 6. The molecular weight excluding hydrogens is 354 g/mol. The second-order valence-electron chi connectivity index (χ2n) is 6.81. The summed E-state index contributed by atoms with van der Waals surface area (Å²) in [5.74, 6) is 1.33. The van der Waals surface area contributed by atoms with Gasteiger partial charge >= 0.3 is 0 Å². The summed E-state index contributed by atoms with van der Waals surface area (Å²) < 4.78 is 8.79. The molecule has 0 bridgehead atoms. The van der Waals surface area contributed by atoms with Crippen LogP contribution in [-0.2, 0) is 13.0 Å². The average Bonchev–Trinajstić information content (AvgIpc) is 3.42. The molecule has 28 heavy (non-hydrogen) atoms. The van der Waals surface area contributed by atoms with E-state index in [-0.39, 0.29) is 5.95 Å². The Balaban J connectivity index is 1.45. The molecule has 0 radical (unpaired) electrons. The molecule has 0 atom stereocenters. The number of anilines is 1. The number of rotatable bonds is 5. The van der Waals surface area contributed by atoms with Gasteiger partial charge in [-0.05, 0) is 37.5 Å². The molecule has 2 N–H and O–H groups in total. The molecule has 4 aromatic heterocycles. The number of nitrogens with two attached hydrogens (primary N) is 1. The van der Waals surface area contributed by atoms with Gasteiger partial charge in [-0.3, -0.25) is 0 Å². The summed E-state index contributed by atoms with van der Waals surface area (Å²) in [6, 6.07) is 12.2. The Morgan fingerprint density at radius 2 is 1.93 bits per heavy atom. The molecule has 0 amide bonds. The Morgan fingerprint density at radius 3 is 2.71 bits per heavy atom. The number of fused-ring (bicyclic) bond motifs is 3. The van der Waals surface area contributed by atoms with Gasteiger partial charge in [0.1, 0.15) is 0 Å². The largest absolute Gasteiger partial charge is 0.461 e. The zero-order valence-corrected chi connectivity index (χ0v) is 15.4. The minimum Gasteiger partial charge on any atom is -0.461 e. The monoisotopic (exact) mass is 373 g/mol. The van der Waals surface area contributed by atoms with Crippen LogP contribution in [0.1, 0.15) is 17.5 Å². The van der Waals surface area contributed by atoms with E-state index in [4.69, 9.17) is 10.2 Å². The maximum Gasteiger partial charge on any atom is 0.225 e. The van der Waals surface area contributed by atoms with Crippen LogP contribution in [0.5, 0.6) is 0 Å². The third-order valence-corrected chi connectivity index (χ3v) is 4.79. The van der Waals surface area contributed by atoms with Gasteiger partial charge in [0.15, 0.2) is 17.1 Å². The molecule has 0 aliphatic rings. The van der Waals surface area contributed by atoms with E-state index in [9.17, 15) is 0 Å². The van der Waals surface area contributed by atoms with Crippen LogP contribution in [0.15, 0.2) is 53.3 Å². The molecule has 5 rings (SSSR count). The predicted molar refractivity (Wildman–Crippen MR) is 106 cm³/mol. The van der Waals surface area contributed by atoms with Crippen molar-refractivity contribution in [3.05, 3.63) is 60.0 Å². The van der Waals surface area contributed by atoms with Crippen molar-refractivity contribution in [2.75, 3.05) is 5.73 Å². The molecule has 0 saturated heterocycles. The van der Waals surface area contributed by atoms with Gasteiger partial charge in [0.05, 0.1) is 17.8 Å². The third-order valence-electron chi connectivity index (χ3n) is 4.79. The van der Waals surface area contributed by atoms with Crippen LogP contribution in [0.25, 0.3) is 28.3 Å². The fraction of sp³-hybridized carbons (Fsp3) is 0.200. The second-order valence-corrected chi connectivity index (χ2v) is 6.81. The molecule has 8 nitrogen and oxygen atoms in total. The van der Waals surface area contributed by atoms with E-state index in [1.807, 2.05) is 10.7 Å². The maximum absolute atomic E-state index is 6.13. The summed E-state index contributed by atoms with van der Waals surface area (Å²) in [6.45, 7) is 2.84. The number of aryl methyl sites for hydroxylation is 3. The Hall–Kier alpha value is -3.68. The molecule has 4 heterocycles. The zero-order valence-electron chi connectivity index (χ0n) is 15.4. The van der Waals surface area contributed by atoms with Crippen LogP contribution in [-0.4, -0.2) is 29.4 Å². The summed E-state index contributed by atoms with van der Waals surface area (Å²) >= 11 is 0. The Bertz CT molecular complexity index is 1250. The summed E-state index contributed by atoms with van der Waals surface area (Å²) in [7, 11) is 0. The van der Waals surface area contributed by atoms with Gasteiger partial charge in [0, 0.05) is 6.54 Å². The van der Waals surface area contributed by atoms with Crippen molar-refractivity contribution in [3.63, 3.8) is 0 Å². The quantitative estimate of drug-likeness (QED) is 0.507. The highest BCUT2D eigenvalue weighted by Crippen LogP contribution is 2.23. The molecule has 0 aliphatic carbocycles. The first kappa shape index (κ1) is 16.5. The van der Waals surface area contributed by atoms with Gasteiger partial charge in [0.2, 0.25) is 11.8 Å². The number of furan rings is 1. The van der Waals surface area contributed by atoms with E-state index in [0.717, 1.165) is 24.8 Å². The second kappa shape index (κ2) is 6.49. The number of aromatic nitrogens is 6. The molecule has 0 saturated carbocycles. The lowest BCUT2D eigenvalue weighted by molar-refractivity contribution is 0.577. The molecule has 1 aromatic carbocycles. The smallest absolute Gasteiger partial charge is 0.225 e. The van der Waals surface area contributed by atoms with Crippen LogP contribution in [0.2, 0.25) is 0 Å². The fourth-order valence-corrected chi connectivity index (χ4v) is 3.32. The SMILES string of the molecule is Cc1ccc(CCCn2ncc3c2nc(N)n2nc(-c4ccco4)nc32)cc1. The van der Waals surface area contributed by atoms with E-state index in [1.165, 1.54) is 15.6 Å². The van der Waals surface area contributed by atoms with Gasteiger partial charge in [-0.2, -0.15) is 14.6 Å². The Labute approximate surface area is 160 Å². The molecule has 0 unspecified atom stereocenters. The molecule has 0 fully saturated rings. The van der Waals surface area contributed by atoms with Crippen molar-refractivity contribution in [2.45, 2.75) is 26.3 Å². The third kappa shape index (κ3) is 2.79. The van der Waals surface area contributed by atoms with Gasteiger partial charge < -0.3 is 10.2 Å². The van der Waals surface area contributed by atoms with Crippen molar-refractivity contribution in [3.8, 4) is 11.6 Å². The van der Waals surface area contributed by atoms with Gasteiger partial charge in [-0.1, -0.05) is 29.8 Å². The molecule has 5 aromatic rings. The van der Waals surface area contributed by atoms with Gasteiger partial charge in [0.25, 0.3) is 0 Å². The highest BCUT2D eigenvalue weighted by Gasteiger charge is 2.17. The minimum absolute atomic E-state index is 0.271. The minimum atomic E-state index is 0.271. The average molecular weight is 373 g/mol. The zero-order chi connectivity index (χ0) is 19.1. The van der Waals surface area contributed by atoms with Crippen LogP contribution >= 0.6 is 0 Å². The van der Waals surface area contributed by atoms with Crippen molar-refractivity contribution >= 4 is 22.6 Å². The van der Waals surface area contributed by atoms with E-state index in [1.54, 1.807) is 18.5 Å². The summed E-state index contributed by atoms with van der Waals surface area (Å²) in [6.07, 6.45) is 5.29. The van der Waals surface area contributed by atoms with E-state index >= 15 is 0 Å². The van der Waals surface area contributed by atoms with E-state index < -0.39 is 0 Å². The number of nitrogens with zero attached hydrogens (tertiary/aromatic N) is 6. The topological polar surface area (TPSA) is 100 Å². The summed E-state index contributed by atoms with van der Waals surface area (Å²) in [5.41, 5.74) is 10.1. The van der Waals surface area contributed by atoms with Crippen LogP contribution in [0.3, 0.4) is 0 Å². The fourth-order valence-electron chi connectivity index (χ4n) is 3.32. The standard InChI is InChI=1S/C20H19N7O/c1-13-6-8-14(9-7-13)4-2-10-26-18-15(12-22-26)19-23-17(16-5-3-11-28-16)25-27(19)20(21)24-18/h3,5-9,11-12H,2,4,10H2,1H3,(H2,21,24). The first-order valence-corrected chi connectivity index (χ1v) is 9.16. The highest BCUT2D eigenvalue weighted by molar-refractivity contribution is 5.90.